The van der Waals surface area contributed by atoms with E-state index >= 15 is 0 Å². The molecule has 2 aliphatic rings. The van der Waals surface area contributed by atoms with Crippen molar-refractivity contribution < 1.29 is 13.6 Å². The molecular weight excluding hydrogens is 326 g/mol. The number of fused-ring (bicyclic) bond motifs is 1. The smallest absolute Gasteiger partial charge is 0.226 e. The number of hydrogen-bond acceptors (Lipinski definition) is 3. The first-order valence-electron chi connectivity index (χ1n) is 8.71. The first kappa shape index (κ1) is 16.2. The number of hydrogen-bond donors (Lipinski definition) is 1. The van der Waals surface area contributed by atoms with Gasteiger partial charge in [-0.05, 0) is 49.3 Å². The van der Waals surface area contributed by atoms with Gasteiger partial charge in [0.15, 0.2) is 11.6 Å². The topological polar surface area (TPSA) is 61.9 Å². The maximum absolute atomic E-state index is 13.3. The lowest BCUT2D eigenvalue weighted by Gasteiger charge is -2.25. The van der Waals surface area contributed by atoms with Crippen LogP contribution in [-0.4, -0.2) is 39.3 Å². The van der Waals surface area contributed by atoms with Gasteiger partial charge in [-0.15, -0.1) is 0 Å². The van der Waals surface area contributed by atoms with Crippen molar-refractivity contribution in [1.82, 2.24) is 20.3 Å². The zero-order chi connectivity index (χ0) is 17.4. The molecule has 1 aliphatic carbocycles. The molecule has 1 saturated heterocycles. The molecule has 25 heavy (non-hydrogen) atoms. The monoisotopic (exact) mass is 346 g/mol. The highest BCUT2D eigenvalue weighted by Gasteiger charge is 2.34. The molecule has 1 amide bonds. The Kier molecular flexibility index (Phi) is 4.23. The minimum absolute atomic E-state index is 0.0281. The summed E-state index contributed by atoms with van der Waals surface area (Å²) < 4.78 is 26.4. The van der Waals surface area contributed by atoms with Crippen LogP contribution in [0.25, 0.3) is 0 Å². The predicted octanol–water partition coefficient (Wildman–Crippen LogP) is 2.28. The van der Waals surface area contributed by atoms with Gasteiger partial charge in [0, 0.05) is 25.4 Å². The average Bonchev–Trinajstić information content (AvgIpc) is 3.26. The largest absolute Gasteiger partial charge is 0.342 e. The highest BCUT2D eigenvalue weighted by atomic mass is 19.2. The number of benzene rings is 1. The van der Waals surface area contributed by atoms with Crippen molar-refractivity contribution in [1.29, 1.82) is 0 Å². The summed E-state index contributed by atoms with van der Waals surface area (Å²) in [5.74, 6) is -1.19. The molecule has 5 nitrogen and oxygen atoms in total. The molecule has 0 saturated carbocycles. The Hall–Kier alpha value is -2.31. The second kappa shape index (κ2) is 6.54. The fraction of sp³-hybridized carbons (Fsp3) is 0.500. The summed E-state index contributed by atoms with van der Waals surface area (Å²) in [6.45, 7) is 1.41. The lowest BCUT2D eigenvalue weighted by molar-refractivity contribution is -0.135. The van der Waals surface area contributed by atoms with Crippen LogP contribution in [0, 0.1) is 23.5 Å². The number of rotatable bonds is 3. The number of nitrogens with zero attached hydrogens (tertiary/aromatic N) is 3. The molecule has 1 aromatic carbocycles. The standard InChI is InChI=1S/C18H20F2N4O/c19-14-3-1-11(8-15(14)20)7-12-5-6-24(10-12)18(25)13-2-4-16-17(9-13)22-23-21-16/h1,3,8,12-13H,2,4-7,9-10H2,(H,21,22,23)/t12-,13+/m0/s1. The van der Waals surface area contributed by atoms with Crippen LogP contribution in [0.15, 0.2) is 18.2 Å². The number of amides is 1. The van der Waals surface area contributed by atoms with E-state index in [0.717, 1.165) is 42.8 Å². The molecule has 7 heteroatoms. The van der Waals surface area contributed by atoms with Crippen molar-refractivity contribution >= 4 is 5.91 Å². The van der Waals surface area contributed by atoms with E-state index in [1.54, 1.807) is 6.07 Å². The SMILES string of the molecule is O=C([C@@H]1CCc2n[nH]nc2C1)N1CC[C@@H](Cc2ccc(F)c(F)c2)C1. The summed E-state index contributed by atoms with van der Waals surface area (Å²) in [6, 6.07) is 4.04. The molecule has 0 radical (unpaired) electrons. The summed E-state index contributed by atoms with van der Waals surface area (Å²) in [5.41, 5.74) is 2.66. The van der Waals surface area contributed by atoms with Gasteiger partial charge < -0.3 is 4.90 Å². The number of aromatic nitrogens is 3. The van der Waals surface area contributed by atoms with E-state index in [2.05, 4.69) is 15.4 Å². The summed E-state index contributed by atoms with van der Waals surface area (Å²) in [4.78, 5) is 14.7. The molecule has 4 rings (SSSR count). The normalized spacial score (nSPS) is 22.9. The molecule has 1 fully saturated rings. The molecule has 1 aliphatic heterocycles. The zero-order valence-electron chi connectivity index (χ0n) is 13.8. The lowest BCUT2D eigenvalue weighted by Crippen LogP contribution is -2.37. The minimum Gasteiger partial charge on any atom is -0.342 e. The molecule has 2 heterocycles. The van der Waals surface area contributed by atoms with Crippen LogP contribution in [0.3, 0.4) is 0 Å². The van der Waals surface area contributed by atoms with Gasteiger partial charge in [0.1, 0.15) is 0 Å². The van der Waals surface area contributed by atoms with Crippen LogP contribution in [0.2, 0.25) is 0 Å². The molecule has 1 N–H and O–H groups in total. The van der Waals surface area contributed by atoms with Gasteiger partial charge in [0.2, 0.25) is 5.91 Å². The number of halogens is 2. The quantitative estimate of drug-likeness (QED) is 0.927. The van der Waals surface area contributed by atoms with Gasteiger partial charge in [-0.1, -0.05) is 6.07 Å². The maximum Gasteiger partial charge on any atom is 0.226 e. The second-order valence-electron chi connectivity index (χ2n) is 7.05. The predicted molar refractivity (Wildman–Crippen MR) is 86.6 cm³/mol. The number of carbonyl (C=O) groups is 1. The summed E-state index contributed by atoms with van der Waals surface area (Å²) >= 11 is 0. The first-order valence-corrected chi connectivity index (χ1v) is 8.71. The number of H-pyrrole nitrogens is 1. The Bertz CT molecular complexity index is 791. The van der Waals surface area contributed by atoms with Gasteiger partial charge in [-0.3, -0.25) is 4.79 Å². The van der Waals surface area contributed by atoms with Crippen LogP contribution in [0.4, 0.5) is 8.78 Å². The summed E-state index contributed by atoms with van der Waals surface area (Å²) in [5, 5.41) is 10.9. The van der Waals surface area contributed by atoms with Crippen LogP contribution < -0.4 is 0 Å². The molecular formula is C18H20F2N4O. The van der Waals surface area contributed by atoms with Crippen LogP contribution in [0.1, 0.15) is 29.8 Å². The molecule has 1 aromatic heterocycles. The highest BCUT2D eigenvalue weighted by molar-refractivity contribution is 5.79. The van der Waals surface area contributed by atoms with Crippen molar-refractivity contribution in [3.05, 3.63) is 46.8 Å². The minimum atomic E-state index is -0.823. The molecule has 2 aromatic rings. The number of aromatic amines is 1. The highest BCUT2D eigenvalue weighted by Crippen LogP contribution is 2.28. The molecule has 0 bridgehead atoms. The fourth-order valence-electron chi connectivity index (χ4n) is 3.95. The average molecular weight is 346 g/mol. The first-order chi connectivity index (χ1) is 12.1. The van der Waals surface area contributed by atoms with E-state index < -0.39 is 11.6 Å². The number of nitrogens with one attached hydrogen (secondary N) is 1. The van der Waals surface area contributed by atoms with Crippen molar-refractivity contribution in [3.63, 3.8) is 0 Å². The Morgan fingerprint density at radius 2 is 2.04 bits per heavy atom. The Morgan fingerprint density at radius 3 is 2.88 bits per heavy atom. The molecule has 132 valence electrons. The third-order valence-electron chi connectivity index (χ3n) is 5.33. The van der Waals surface area contributed by atoms with Crippen molar-refractivity contribution in [2.75, 3.05) is 13.1 Å². The van der Waals surface area contributed by atoms with Gasteiger partial charge in [-0.2, -0.15) is 15.4 Å². The molecule has 0 spiro atoms. The van der Waals surface area contributed by atoms with Crippen molar-refractivity contribution in [2.24, 2.45) is 11.8 Å². The van der Waals surface area contributed by atoms with Gasteiger partial charge in [-0.25, -0.2) is 8.78 Å². The number of aryl methyl sites for hydroxylation is 1. The van der Waals surface area contributed by atoms with Gasteiger partial charge >= 0.3 is 0 Å². The Labute approximate surface area is 144 Å². The second-order valence-corrected chi connectivity index (χ2v) is 7.05. The number of likely N-dealkylation sites (tertiary alicyclic amines) is 1. The van der Waals surface area contributed by atoms with Crippen molar-refractivity contribution in [2.45, 2.75) is 32.1 Å². The number of carbonyl (C=O) groups excluding carboxylic acids is 1. The van der Waals surface area contributed by atoms with Crippen LogP contribution in [0.5, 0.6) is 0 Å². The third kappa shape index (κ3) is 3.27. The van der Waals surface area contributed by atoms with E-state index in [4.69, 9.17) is 0 Å². The summed E-state index contributed by atoms with van der Waals surface area (Å²) in [7, 11) is 0. The van der Waals surface area contributed by atoms with Gasteiger partial charge in [0.25, 0.3) is 0 Å². The summed E-state index contributed by atoms with van der Waals surface area (Å²) in [6.07, 6.45) is 3.80. The lowest BCUT2D eigenvalue weighted by atomic mass is 9.89. The third-order valence-corrected chi connectivity index (χ3v) is 5.33. The molecule has 2 atom stereocenters. The zero-order valence-corrected chi connectivity index (χ0v) is 13.8. The Morgan fingerprint density at radius 1 is 1.20 bits per heavy atom. The van der Waals surface area contributed by atoms with E-state index in [0.29, 0.717) is 25.3 Å². The molecule has 0 unspecified atom stereocenters. The van der Waals surface area contributed by atoms with Crippen LogP contribution >= 0.6 is 0 Å². The van der Waals surface area contributed by atoms with E-state index in [-0.39, 0.29) is 11.8 Å². The van der Waals surface area contributed by atoms with E-state index in [1.807, 2.05) is 4.90 Å². The maximum atomic E-state index is 13.3. The van der Waals surface area contributed by atoms with Crippen LogP contribution in [-0.2, 0) is 24.1 Å². The van der Waals surface area contributed by atoms with Crippen molar-refractivity contribution in [3.8, 4) is 0 Å². The Balaban J connectivity index is 1.35. The van der Waals surface area contributed by atoms with E-state index in [9.17, 15) is 13.6 Å². The van der Waals surface area contributed by atoms with Gasteiger partial charge in [0.05, 0.1) is 11.4 Å². The fourth-order valence-corrected chi connectivity index (χ4v) is 3.95. The van der Waals surface area contributed by atoms with E-state index in [1.165, 1.54) is 12.1 Å².